The summed E-state index contributed by atoms with van der Waals surface area (Å²) in [6.45, 7) is 3.90. The van der Waals surface area contributed by atoms with Crippen LogP contribution >= 0.6 is 0 Å². The fourth-order valence-corrected chi connectivity index (χ4v) is 4.59. The summed E-state index contributed by atoms with van der Waals surface area (Å²) in [6, 6.07) is 14.1. The number of hydrogen-bond donors (Lipinski definition) is 0. The maximum Gasteiger partial charge on any atom is 0.227 e. The predicted octanol–water partition coefficient (Wildman–Crippen LogP) is 3.18. The Morgan fingerprint density at radius 1 is 1.00 bits per heavy atom. The van der Waals surface area contributed by atoms with E-state index in [2.05, 4.69) is 4.90 Å². The van der Waals surface area contributed by atoms with E-state index < -0.39 is 0 Å². The first-order valence-electron chi connectivity index (χ1n) is 12.0. The first-order valence-corrected chi connectivity index (χ1v) is 12.0. The summed E-state index contributed by atoms with van der Waals surface area (Å²) in [5.74, 6) is 2.21. The van der Waals surface area contributed by atoms with Gasteiger partial charge in [-0.05, 0) is 35.4 Å². The molecular formula is C27H29FN4O3. The molecule has 0 aliphatic carbocycles. The van der Waals surface area contributed by atoms with Gasteiger partial charge in [0.2, 0.25) is 5.91 Å². The number of anilines is 1. The molecule has 1 amide bonds. The molecule has 5 rings (SSSR count). The van der Waals surface area contributed by atoms with Crippen molar-refractivity contribution in [2.24, 2.45) is 0 Å². The second kappa shape index (κ2) is 10.4. The van der Waals surface area contributed by atoms with Crippen LogP contribution in [0.3, 0.4) is 0 Å². The first-order chi connectivity index (χ1) is 17.1. The lowest BCUT2D eigenvalue weighted by Gasteiger charge is -2.34. The van der Waals surface area contributed by atoms with Gasteiger partial charge in [0.05, 0.1) is 39.0 Å². The lowest BCUT2D eigenvalue weighted by molar-refractivity contribution is -0.131. The van der Waals surface area contributed by atoms with Crippen LogP contribution in [0.25, 0.3) is 0 Å². The van der Waals surface area contributed by atoms with Crippen LogP contribution in [0, 0.1) is 5.82 Å². The number of halogens is 1. The zero-order valence-corrected chi connectivity index (χ0v) is 19.9. The van der Waals surface area contributed by atoms with Crippen LogP contribution in [-0.4, -0.2) is 60.7 Å². The molecule has 7 nitrogen and oxygen atoms in total. The summed E-state index contributed by atoms with van der Waals surface area (Å²) in [7, 11) is 1.63. The van der Waals surface area contributed by atoms with Crippen LogP contribution in [0.2, 0.25) is 0 Å². The number of methoxy groups -OCH3 is 1. The Kier molecular flexibility index (Phi) is 6.90. The van der Waals surface area contributed by atoms with Gasteiger partial charge in [-0.25, -0.2) is 14.4 Å². The molecule has 3 heterocycles. The van der Waals surface area contributed by atoms with Gasteiger partial charge in [0.1, 0.15) is 23.2 Å². The van der Waals surface area contributed by atoms with Crippen LogP contribution in [0.5, 0.6) is 5.75 Å². The molecule has 1 saturated heterocycles. The standard InChI is InChI=1S/C27H29FN4O3/c1-34-22-8-4-20(5-9-22)17-26(33)32-11-10-24-23(18-32)27(31-12-14-35-15-13-31)30-25(29-24)16-19-2-6-21(28)7-3-19/h2-9H,10-18H2,1H3. The highest BCUT2D eigenvalue weighted by atomic mass is 19.1. The highest BCUT2D eigenvalue weighted by Crippen LogP contribution is 2.28. The maximum absolute atomic E-state index is 13.3. The van der Waals surface area contributed by atoms with Gasteiger partial charge >= 0.3 is 0 Å². The quantitative estimate of drug-likeness (QED) is 0.545. The number of benzene rings is 2. The summed E-state index contributed by atoms with van der Waals surface area (Å²) in [6.07, 6.45) is 1.56. The monoisotopic (exact) mass is 476 g/mol. The number of morpholine rings is 1. The summed E-state index contributed by atoms with van der Waals surface area (Å²) < 4.78 is 24.1. The van der Waals surface area contributed by atoms with Crippen LogP contribution in [0.15, 0.2) is 48.5 Å². The fourth-order valence-electron chi connectivity index (χ4n) is 4.59. The van der Waals surface area contributed by atoms with Gasteiger partial charge in [0, 0.05) is 38.0 Å². The van der Waals surface area contributed by atoms with E-state index in [1.54, 1.807) is 19.2 Å². The van der Waals surface area contributed by atoms with Gasteiger partial charge in [0.15, 0.2) is 0 Å². The number of aromatic nitrogens is 2. The number of rotatable bonds is 6. The van der Waals surface area contributed by atoms with Gasteiger partial charge in [-0.1, -0.05) is 24.3 Å². The predicted molar refractivity (Wildman–Crippen MR) is 130 cm³/mol. The van der Waals surface area contributed by atoms with Gasteiger partial charge < -0.3 is 19.3 Å². The van der Waals surface area contributed by atoms with Crippen LogP contribution in [0.1, 0.15) is 28.2 Å². The largest absolute Gasteiger partial charge is 0.497 e. The summed E-state index contributed by atoms with van der Waals surface area (Å²) in [5, 5.41) is 0. The Morgan fingerprint density at radius 2 is 1.71 bits per heavy atom. The molecule has 0 spiro atoms. The van der Waals surface area contributed by atoms with Gasteiger partial charge in [-0.2, -0.15) is 0 Å². The molecule has 3 aromatic rings. The normalized spacial score (nSPS) is 15.6. The van der Waals surface area contributed by atoms with Gasteiger partial charge in [0.25, 0.3) is 0 Å². The minimum Gasteiger partial charge on any atom is -0.497 e. The van der Waals surface area contributed by atoms with Crippen molar-refractivity contribution in [1.29, 1.82) is 0 Å². The van der Waals surface area contributed by atoms with E-state index in [1.165, 1.54) is 12.1 Å². The second-order valence-corrected chi connectivity index (χ2v) is 8.88. The molecule has 2 aromatic carbocycles. The molecule has 35 heavy (non-hydrogen) atoms. The fraction of sp³-hybridized carbons (Fsp3) is 0.370. The Morgan fingerprint density at radius 3 is 2.43 bits per heavy atom. The number of carbonyl (C=O) groups excluding carboxylic acids is 1. The van der Waals surface area contributed by atoms with Crippen LogP contribution in [0.4, 0.5) is 10.2 Å². The van der Waals surface area contributed by atoms with Crippen molar-refractivity contribution in [1.82, 2.24) is 14.9 Å². The average Bonchev–Trinajstić information content (AvgIpc) is 2.90. The third kappa shape index (κ3) is 5.43. The smallest absolute Gasteiger partial charge is 0.227 e. The van der Waals surface area contributed by atoms with Gasteiger partial charge in [-0.3, -0.25) is 4.79 Å². The molecule has 182 valence electrons. The molecule has 1 aromatic heterocycles. The Hall–Kier alpha value is -3.52. The van der Waals surface area contributed by atoms with E-state index in [4.69, 9.17) is 19.4 Å². The van der Waals surface area contributed by atoms with Gasteiger partial charge in [-0.15, -0.1) is 0 Å². The number of ether oxygens (including phenoxy) is 2. The molecule has 1 fully saturated rings. The minimum atomic E-state index is -0.256. The Bertz CT molecular complexity index is 1180. The number of nitrogens with zero attached hydrogens (tertiary/aromatic N) is 4. The molecular weight excluding hydrogens is 447 g/mol. The molecule has 0 bridgehead atoms. The van der Waals surface area contributed by atoms with Crippen LogP contribution < -0.4 is 9.64 Å². The van der Waals surface area contributed by atoms with Crippen molar-refractivity contribution in [2.45, 2.75) is 25.8 Å². The van der Waals surface area contributed by atoms with E-state index in [-0.39, 0.29) is 11.7 Å². The topological polar surface area (TPSA) is 67.8 Å². The van der Waals surface area contributed by atoms with E-state index in [0.29, 0.717) is 45.6 Å². The van der Waals surface area contributed by atoms with E-state index >= 15 is 0 Å². The molecule has 0 unspecified atom stereocenters. The molecule has 2 aliphatic rings. The highest BCUT2D eigenvalue weighted by Gasteiger charge is 2.28. The molecule has 0 radical (unpaired) electrons. The highest BCUT2D eigenvalue weighted by molar-refractivity contribution is 5.79. The zero-order chi connectivity index (χ0) is 24.2. The number of carbonyl (C=O) groups is 1. The lowest BCUT2D eigenvalue weighted by atomic mass is 10.0. The molecule has 0 N–H and O–H groups in total. The first kappa shape index (κ1) is 23.2. The zero-order valence-electron chi connectivity index (χ0n) is 19.9. The van der Waals surface area contributed by atoms with Crippen LogP contribution in [-0.2, 0) is 35.3 Å². The summed E-state index contributed by atoms with van der Waals surface area (Å²) >= 11 is 0. The maximum atomic E-state index is 13.3. The molecule has 0 atom stereocenters. The van der Waals surface area contributed by atoms with Crippen molar-refractivity contribution in [3.05, 3.63) is 82.6 Å². The summed E-state index contributed by atoms with van der Waals surface area (Å²) in [5.41, 5.74) is 3.93. The SMILES string of the molecule is COc1ccc(CC(=O)N2CCc3nc(Cc4ccc(F)cc4)nc(N4CCOCC4)c3C2)cc1. The second-order valence-electron chi connectivity index (χ2n) is 8.88. The average molecular weight is 477 g/mol. The van der Waals surface area contributed by atoms with E-state index in [1.807, 2.05) is 29.2 Å². The van der Waals surface area contributed by atoms with Crippen molar-refractivity contribution < 1.29 is 18.7 Å². The van der Waals surface area contributed by atoms with Crippen molar-refractivity contribution >= 4 is 11.7 Å². The number of amides is 1. The lowest BCUT2D eigenvalue weighted by Crippen LogP contribution is -2.41. The Labute approximate surface area is 204 Å². The molecule has 0 saturated carbocycles. The van der Waals surface area contributed by atoms with E-state index in [0.717, 1.165) is 52.9 Å². The Balaban J connectivity index is 1.38. The third-order valence-corrected chi connectivity index (χ3v) is 6.54. The molecule has 2 aliphatic heterocycles. The van der Waals surface area contributed by atoms with E-state index in [9.17, 15) is 9.18 Å². The molecule has 8 heteroatoms. The van der Waals surface area contributed by atoms with Crippen molar-refractivity contribution in [3.8, 4) is 5.75 Å². The summed E-state index contributed by atoms with van der Waals surface area (Å²) in [4.78, 5) is 27.1. The number of fused-ring (bicyclic) bond motifs is 1. The van der Waals surface area contributed by atoms with Crippen molar-refractivity contribution in [3.63, 3.8) is 0 Å². The third-order valence-electron chi connectivity index (χ3n) is 6.54. The minimum absolute atomic E-state index is 0.0872. The number of hydrogen-bond acceptors (Lipinski definition) is 6. The van der Waals surface area contributed by atoms with Crippen molar-refractivity contribution in [2.75, 3.05) is 44.9 Å².